The van der Waals surface area contributed by atoms with Crippen molar-refractivity contribution in [2.45, 2.75) is 6.92 Å². The topological polar surface area (TPSA) is 81.0 Å². The highest BCUT2D eigenvalue weighted by atomic mass is 35.5. The first-order chi connectivity index (χ1) is 8.52. The molecule has 0 fully saturated rings. The number of hydrogen-bond donors (Lipinski definition) is 2. The van der Waals surface area contributed by atoms with Gasteiger partial charge in [0.05, 0.1) is 7.11 Å². The second-order valence-electron chi connectivity index (χ2n) is 3.77. The zero-order chi connectivity index (χ0) is 13.3. The first-order valence-electron chi connectivity index (χ1n) is 5.23. The van der Waals surface area contributed by atoms with Crippen molar-refractivity contribution in [1.82, 2.24) is 9.97 Å². The number of methoxy groups -OCH3 is 1. The van der Waals surface area contributed by atoms with Gasteiger partial charge in [-0.1, -0.05) is 11.6 Å². The Kier molecular flexibility index (Phi) is 3.25. The number of nitrogens with two attached hydrogens (primary N) is 1. The van der Waals surface area contributed by atoms with Gasteiger partial charge in [-0.15, -0.1) is 0 Å². The normalized spacial score (nSPS) is 10.4. The van der Waals surface area contributed by atoms with E-state index in [1.165, 1.54) is 0 Å². The lowest BCUT2D eigenvalue weighted by Crippen LogP contribution is -2.15. The molecular formula is C12H12ClN3O2. The summed E-state index contributed by atoms with van der Waals surface area (Å²) in [6.45, 7) is 1.75. The van der Waals surface area contributed by atoms with Crippen LogP contribution in [-0.2, 0) is 0 Å². The van der Waals surface area contributed by atoms with Crippen LogP contribution in [0.5, 0.6) is 5.75 Å². The molecule has 0 atom stereocenters. The number of rotatable bonds is 2. The highest BCUT2D eigenvalue weighted by molar-refractivity contribution is 6.31. The molecule has 1 aromatic heterocycles. The molecule has 0 radical (unpaired) electrons. The molecule has 0 aliphatic heterocycles. The minimum absolute atomic E-state index is 0.150. The maximum Gasteiger partial charge on any atom is 0.347 e. The molecule has 0 spiro atoms. The van der Waals surface area contributed by atoms with E-state index < -0.39 is 5.69 Å². The summed E-state index contributed by atoms with van der Waals surface area (Å²) in [6, 6.07) is 5.18. The van der Waals surface area contributed by atoms with Gasteiger partial charge in [0, 0.05) is 21.8 Å². The number of nitrogen functional groups attached to an aromatic ring is 1. The first kappa shape index (κ1) is 12.4. The Morgan fingerprint density at radius 2 is 2.17 bits per heavy atom. The molecular weight excluding hydrogens is 254 g/mol. The van der Waals surface area contributed by atoms with Crippen molar-refractivity contribution in [2.75, 3.05) is 12.8 Å². The number of halogens is 1. The van der Waals surface area contributed by atoms with Gasteiger partial charge in [0.15, 0.2) is 0 Å². The standard InChI is InChI=1S/C12H12ClN3O2/c1-6-10(11(14)16-12(17)15-6)8-5-7(13)3-4-9(8)18-2/h3-5H,1-2H3,(H3,14,15,16,17). The van der Waals surface area contributed by atoms with Gasteiger partial charge < -0.3 is 15.5 Å². The number of aryl methyl sites for hydroxylation is 1. The molecule has 0 unspecified atom stereocenters. The molecule has 94 valence electrons. The number of anilines is 1. The van der Waals surface area contributed by atoms with Crippen molar-refractivity contribution in [1.29, 1.82) is 0 Å². The summed E-state index contributed by atoms with van der Waals surface area (Å²) in [5.41, 5.74) is 7.26. The Morgan fingerprint density at radius 1 is 1.44 bits per heavy atom. The summed E-state index contributed by atoms with van der Waals surface area (Å²) >= 11 is 5.97. The van der Waals surface area contributed by atoms with Crippen LogP contribution < -0.4 is 16.2 Å². The maximum absolute atomic E-state index is 11.2. The summed E-state index contributed by atoms with van der Waals surface area (Å²) in [5.74, 6) is 0.764. The lowest BCUT2D eigenvalue weighted by Gasteiger charge is -2.12. The van der Waals surface area contributed by atoms with Crippen LogP contribution in [0.25, 0.3) is 11.1 Å². The van der Waals surface area contributed by atoms with Gasteiger partial charge >= 0.3 is 5.69 Å². The Labute approximate surface area is 109 Å². The Hall–Kier alpha value is -2.01. The van der Waals surface area contributed by atoms with Gasteiger partial charge in [0.1, 0.15) is 11.6 Å². The maximum atomic E-state index is 11.2. The van der Waals surface area contributed by atoms with Crippen molar-refractivity contribution in [2.24, 2.45) is 0 Å². The molecule has 18 heavy (non-hydrogen) atoms. The molecule has 2 rings (SSSR count). The van der Waals surface area contributed by atoms with Crippen LogP contribution in [-0.4, -0.2) is 17.1 Å². The van der Waals surface area contributed by atoms with Gasteiger partial charge in [-0.2, -0.15) is 4.98 Å². The summed E-state index contributed by atoms with van der Waals surface area (Å²) in [7, 11) is 1.55. The zero-order valence-corrected chi connectivity index (χ0v) is 10.7. The average molecular weight is 266 g/mol. The van der Waals surface area contributed by atoms with E-state index in [-0.39, 0.29) is 5.82 Å². The van der Waals surface area contributed by atoms with E-state index in [9.17, 15) is 4.79 Å². The largest absolute Gasteiger partial charge is 0.496 e. The van der Waals surface area contributed by atoms with Crippen molar-refractivity contribution in [3.05, 3.63) is 39.4 Å². The first-order valence-corrected chi connectivity index (χ1v) is 5.61. The van der Waals surface area contributed by atoms with Crippen LogP contribution in [0, 0.1) is 6.92 Å². The van der Waals surface area contributed by atoms with E-state index in [0.29, 0.717) is 27.6 Å². The number of hydrogen-bond acceptors (Lipinski definition) is 4. The Morgan fingerprint density at radius 3 is 2.78 bits per heavy atom. The van der Waals surface area contributed by atoms with Crippen LogP contribution in [0.3, 0.4) is 0 Å². The van der Waals surface area contributed by atoms with Crippen molar-refractivity contribution < 1.29 is 4.74 Å². The van der Waals surface area contributed by atoms with Crippen molar-refractivity contribution >= 4 is 17.4 Å². The number of aromatic amines is 1. The third-order valence-electron chi connectivity index (χ3n) is 2.58. The van der Waals surface area contributed by atoms with E-state index >= 15 is 0 Å². The number of benzene rings is 1. The molecule has 0 saturated carbocycles. The van der Waals surface area contributed by atoms with Gasteiger partial charge in [-0.3, -0.25) is 0 Å². The number of aromatic nitrogens is 2. The third kappa shape index (κ3) is 2.17. The summed E-state index contributed by atoms with van der Waals surface area (Å²) in [4.78, 5) is 17.5. The smallest absolute Gasteiger partial charge is 0.347 e. The molecule has 0 aliphatic rings. The summed E-state index contributed by atoms with van der Waals surface area (Å²) in [6.07, 6.45) is 0. The molecule has 6 heteroatoms. The predicted octanol–water partition coefficient (Wildman–Crippen LogP) is 1.99. The minimum Gasteiger partial charge on any atom is -0.496 e. The minimum atomic E-state index is -0.477. The van der Waals surface area contributed by atoms with E-state index in [4.69, 9.17) is 22.1 Å². The van der Waals surface area contributed by atoms with E-state index in [0.717, 1.165) is 0 Å². The lowest BCUT2D eigenvalue weighted by molar-refractivity contribution is 0.416. The molecule has 0 aliphatic carbocycles. The van der Waals surface area contributed by atoms with E-state index in [2.05, 4.69) is 9.97 Å². The average Bonchev–Trinajstić information content (AvgIpc) is 2.28. The predicted molar refractivity (Wildman–Crippen MR) is 71.0 cm³/mol. The van der Waals surface area contributed by atoms with Gasteiger partial charge in [0.25, 0.3) is 0 Å². The molecule has 0 amide bonds. The van der Waals surface area contributed by atoms with Gasteiger partial charge in [-0.05, 0) is 25.1 Å². The van der Waals surface area contributed by atoms with E-state index in [1.54, 1.807) is 32.2 Å². The molecule has 0 saturated heterocycles. The van der Waals surface area contributed by atoms with Crippen LogP contribution >= 0.6 is 11.6 Å². The molecule has 0 bridgehead atoms. The monoisotopic (exact) mass is 265 g/mol. The Balaban J connectivity index is 2.76. The van der Waals surface area contributed by atoms with Crippen LogP contribution in [0.1, 0.15) is 5.69 Å². The van der Waals surface area contributed by atoms with Gasteiger partial charge in [0.2, 0.25) is 0 Å². The van der Waals surface area contributed by atoms with Crippen LogP contribution in [0.4, 0.5) is 5.82 Å². The fourth-order valence-electron chi connectivity index (χ4n) is 1.82. The number of nitrogens with one attached hydrogen (secondary N) is 1. The third-order valence-corrected chi connectivity index (χ3v) is 2.81. The lowest BCUT2D eigenvalue weighted by atomic mass is 10.0. The van der Waals surface area contributed by atoms with Crippen LogP contribution in [0.15, 0.2) is 23.0 Å². The van der Waals surface area contributed by atoms with Crippen LogP contribution in [0.2, 0.25) is 5.02 Å². The summed E-state index contributed by atoms with van der Waals surface area (Å²) < 4.78 is 5.26. The fourth-order valence-corrected chi connectivity index (χ4v) is 2.00. The highest BCUT2D eigenvalue weighted by Crippen LogP contribution is 2.35. The zero-order valence-electron chi connectivity index (χ0n) is 9.95. The number of H-pyrrole nitrogens is 1. The van der Waals surface area contributed by atoms with Gasteiger partial charge in [-0.25, -0.2) is 4.79 Å². The second-order valence-corrected chi connectivity index (χ2v) is 4.21. The van der Waals surface area contributed by atoms with Crippen molar-refractivity contribution in [3.63, 3.8) is 0 Å². The summed E-state index contributed by atoms with van der Waals surface area (Å²) in [5, 5.41) is 0.552. The Bertz CT molecular complexity index is 626. The quantitative estimate of drug-likeness (QED) is 0.870. The molecule has 5 nitrogen and oxygen atoms in total. The molecule has 2 aromatic rings. The van der Waals surface area contributed by atoms with Crippen molar-refractivity contribution in [3.8, 4) is 16.9 Å². The molecule has 3 N–H and O–H groups in total. The highest BCUT2D eigenvalue weighted by Gasteiger charge is 2.14. The SMILES string of the molecule is COc1ccc(Cl)cc1-c1c(N)nc(=O)[nH]c1C. The fraction of sp³-hybridized carbons (Fsp3) is 0.167. The number of ether oxygens (including phenoxy) is 1. The molecule has 1 aromatic carbocycles. The van der Waals surface area contributed by atoms with E-state index in [1.807, 2.05) is 0 Å². The molecule has 1 heterocycles. The number of nitrogens with zero attached hydrogens (tertiary/aromatic N) is 1. The second kappa shape index (κ2) is 4.70.